The van der Waals surface area contributed by atoms with Gasteiger partial charge in [-0.05, 0) is 61.2 Å². The Bertz CT molecular complexity index is 1520. The van der Waals surface area contributed by atoms with E-state index in [9.17, 15) is 27.9 Å². The number of pyridine rings is 1. The zero-order valence-electron chi connectivity index (χ0n) is 20.9. The third kappa shape index (κ3) is 4.80. The van der Waals surface area contributed by atoms with Gasteiger partial charge in [-0.15, -0.1) is 11.3 Å². The Morgan fingerprint density at radius 3 is 2.47 bits per heavy atom. The standard InChI is InChI=1S/C28H26F3N3O3S/c1-27(2,26(36)37)18-7-5-17(6-8-18)14-24(35)33-13-11-20-21-4-3-12-32-25(21)34(22(20)16-33)15-19-9-10-23(38-19)28(29,30)31/h3-10,12H,11,13-16H2,1-2H3,(H,36,37). The van der Waals surface area contributed by atoms with E-state index in [1.54, 1.807) is 49.2 Å². The lowest BCUT2D eigenvalue weighted by Crippen LogP contribution is -2.37. The number of hydrogen-bond donors (Lipinski definition) is 1. The Balaban J connectivity index is 1.38. The molecule has 0 saturated heterocycles. The summed E-state index contributed by atoms with van der Waals surface area (Å²) in [5.41, 5.74) is 3.07. The van der Waals surface area contributed by atoms with Gasteiger partial charge < -0.3 is 14.6 Å². The summed E-state index contributed by atoms with van der Waals surface area (Å²) < 4.78 is 41.4. The minimum Gasteiger partial charge on any atom is -0.481 e. The molecule has 1 aliphatic rings. The van der Waals surface area contributed by atoms with Crippen LogP contribution in [0.15, 0.2) is 54.7 Å². The van der Waals surface area contributed by atoms with Crippen molar-refractivity contribution in [3.8, 4) is 0 Å². The van der Waals surface area contributed by atoms with Crippen LogP contribution >= 0.6 is 11.3 Å². The number of benzene rings is 1. The van der Waals surface area contributed by atoms with Gasteiger partial charge in [0.05, 0.1) is 24.9 Å². The number of rotatable bonds is 6. The maximum absolute atomic E-state index is 13.2. The van der Waals surface area contributed by atoms with Gasteiger partial charge in [-0.1, -0.05) is 24.3 Å². The molecule has 10 heteroatoms. The zero-order valence-corrected chi connectivity index (χ0v) is 21.7. The zero-order chi connectivity index (χ0) is 27.2. The summed E-state index contributed by atoms with van der Waals surface area (Å²) in [6.45, 7) is 4.38. The first-order valence-electron chi connectivity index (χ1n) is 12.2. The summed E-state index contributed by atoms with van der Waals surface area (Å²) in [5, 5.41) is 10.4. The Morgan fingerprint density at radius 1 is 1.08 bits per heavy atom. The second-order valence-corrected chi connectivity index (χ2v) is 11.2. The van der Waals surface area contributed by atoms with E-state index in [0.717, 1.165) is 39.6 Å². The summed E-state index contributed by atoms with van der Waals surface area (Å²) in [5.74, 6) is -0.992. The summed E-state index contributed by atoms with van der Waals surface area (Å²) in [4.78, 5) is 31.0. The van der Waals surface area contributed by atoms with Gasteiger partial charge in [-0.3, -0.25) is 9.59 Å². The fourth-order valence-corrected chi connectivity index (χ4v) is 5.73. The Hall–Kier alpha value is -3.66. The number of carboxylic acids is 1. The highest BCUT2D eigenvalue weighted by Crippen LogP contribution is 2.36. The van der Waals surface area contributed by atoms with Crippen molar-refractivity contribution >= 4 is 34.2 Å². The minimum absolute atomic E-state index is 0.0684. The number of thiophene rings is 1. The molecule has 6 nitrogen and oxygen atoms in total. The molecule has 38 heavy (non-hydrogen) atoms. The SMILES string of the molecule is CC(C)(C(=O)O)c1ccc(CC(=O)N2CCc3c(n(Cc4ccc(C(F)(F)F)s4)c4ncccc34)C2)cc1. The molecule has 0 atom stereocenters. The molecular weight excluding hydrogens is 515 g/mol. The van der Waals surface area contributed by atoms with E-state index < -0.39 is 22.4 Å². The first kappa shape index (κ1) is 26.0. The van der Waals surface area contributed by atoms with Crippen LogP contribution in [0.3, 0.4) is 0 Å². The van der Waals surface area contributed by atoms with Crippen molar-refractivity contribution in [2.75, 3.05) is 6.54 Å². The first-order valence-corrected chi connectivity index (χ1v) is 13.0. The maximum atomic E-state index is 13.2. The Kier molecular flexibility index (Phi) is 6.54. The number of amides is 1. The van der Waals surface area contributed by atoms with Gasteiger partial charge in [-0.25, -0.2) is 4.98 Å². The number of aromatic nitrogens is 2. The van der Waals surface area contributed by atoms with Crippen LogP contribution in [0, 0.1) is 0 Å². The smallest absolute Gasteiger partial charge is 0.425 e. The van der Waals surface area contributed by atoms with Gasteiger partial charge in [-0.2, -0.15) is 13.2 Å². The van der Waals surface area contributed by atoms with E-state index >= 15 is 0 Å². The third-order valence-electron chi connectivity index (χ3n) is 7.19. The third-order valence-corrected chi connectivity index (χ3v) is 8.30. The topological polar surface area (TPSA) is 75.4 Å². The molecule has 0 spiro atoms. The van der Waals surface area contributed by atoms with E-state index in [1.165, 1.54) is 6.07 Å². The van der Waals surface area contributed by atoms with Crippen LogP contribution in [-0.2, 0) is 47.1 Å². The van der Waals surface area contributed by atoms with E-state index in [4.69, 9.17) is 0 Å². The van der Waals surface area contributed by atoms with Crippen LogP contribution in [-0.4, -0.2) is 38.0 Å². The van der Waals surface area contributed by atoms with Crippen LogP contribution < -0.4 is 0 Å². The van der Waals surface area contributed by atoms with Crippen LogP contribution in [0.1, 0.15) is 46.0 Å². The van der Waals surface area contributed by atoms with Gasteiger partial charge in [0.15, 0.2) is 0 Å². The van der Waals surface area contributed by atoms with Gasteiger partial charge >= 0.3 is 12.1 Å². The van der Waals surface area contributed by atoms with Crippen molar-refractivity contribution in [2.45, 2.75) is 51.4 Å². The normalized spacial score (nSPS) is 14.1. The Morgan fingerprint density at radius 2 is 1.82 bits per heavy atom. The molecule has 0 unspecified atom stereocenters. The monoisotopic (exact) mass is 541 g/mol. The summed E-state index contributed by atoms with van der Waals surface area (Å²) in [6, 6.07) is 13.4. The summed E-state index contributed by atoms with van der Waals surface area (Å²) in [7, 11) is 0. The molecule has 1 N–H and O–H groups in total. The van der Waals surface area contributed by atoms with Gasteiger partial charge in [0, 0.05) is 28.7 Å². The highest BCUT2D eigenvalue weighted by atomic mass is 32.1. The van der Waals surface area contributed by atoms with Crippen molar-refractivity contribution in [1.29, 1.82) is 0 Å². The van der Waals surface area contributed by atoms with E-state index in [2.05, 4.69) is 4.98 Å². The van der Waals surface area contributed by atoms with Gasteiger partial charge in [0.2, 0.25) is 5.91 Å². The molecule has 0 bridgehead atoms. The average Bonchev–Trinajstić information content (AvgIpc) is 3.48. The van der Waals surface area contributed by atoms with Crippen LogP contribution in [0.25, 0.3) is 11.0 Å². The summed E-state index contributed by atoms with van der Waals surface area (Å²) in [6.07, 6.45) is -1.93. The lowest BCUT2D eigenvalue weighted by atomic mass is 9.84. The molecule has 1 amide bonds. The molecule has 3 aromatic heterocycles. The number of carbonyl (C=O) groups excluding carboxylic acids is 1. The molecule has 4 heterocycles. The molecule has 0 saturated carbocycles. The molecular formula is C28H26F3N3O3S. The number of carboxylic acid groups (broad SMARTS) is 1. The molecule has 0 fully saturated rings. The van der Waals surface area contributed by atoms with Crippen LogP contribution in [0.2, 0.25) is 0 Å². The highest BCUT2D eigenvalue weighted by molar-refractivity contribution is 7.12. The predicted molar refractivity (Wildman–Crippen MR) is 138 cm³/mol. The molecule has 1 aliphatic heterocycles. The van der Waals surface area contributed by atoms with Gasteiger partial charge in [0.25, 0.3) is 0 Å². The minimum atomic E-state index is -4.38. The van der Waals surface area contributed by atoms with Crippen molar-refractivity contribution in [3.63, 3.8) is 0 Å². The maximum Gasteiger partial charge on any atom is 0.425 e. The molecule has 0 radical (unpaired) electrons. The quantitative estimate of drug-likeness (QED) is 0.342. The second kappa shape index (κ2) is 9.58. The predicted octanol–water partition coefficient (Wildman–Crippen LogP) is 5.65. The first-order chi connectivity index (χ1) is 17.9. The molecule has 1 aromatic carbocycles. The van der Waals surface area contributed by atoms with Crippen molar-refractivity contribution < 1.29 is 27.9 Å². The van der Waals surface area contributed by atoms with Crippen molar-refractivity contribution in [3.05, 3.63) is 86.9 Å². The number of halogens is 3. The number of aliphatic carboxylic acids is 1. The van der Waals surface area contributed by atoms with Crippen molar-refractivity contribution in [1.82, 2.24) is 14.5 Å². The Labute approximate surface area is 221 Å². The fourth-order valence-electron chi connectivity index (χ4n) is 4.86. The largest absolute Gasteiger partial charge is 0.481 e. The van der Waals surface area contributed by atoms with E-state index in [0.29, 0.717) is 35.6 Å². The van der Waals surface area contributed by atoms with Crippen LogP contribution in [0.5, 0.6) is 0 Å². The molecule has 0 aliphatic carbocycles. The number of fused-ring (bicyclic) bond motifs is 3. The van der Waals surface area contributed by atoms with Crippen LogP contribution in [0.4, 0.5) is 13.2 Å². The molecule has 198 valence electrons. The lowest BCUT2D eigenvalue weighted by Gasteiger charge is -2.29. The van der Waals surface area contributed by atoms with Crippen molar-refractivity contribution in [2.24, 2.45) is 0 Å². The average molecular weight is 542 g/mol. The number of hydrogen-bond acceptors (Lipinski definition) is 4. The van der Waals surface area contributed by atoms with E-state index in [-0.39, 0.29) is 18.9 Å². The molecule has 5 rings (SSSR count). The number of carbonyl (C=O) groups is 2. The van der Waals surface area contributed by atoms with Gasteiger partial charge in [0.1, 0.15) is 10.5 Å². The lowest BCUT2D eigenvalue weighted by molar-refractivity contribution is -0.142. The summed E-state index contributed by atoms with van der Waals surface area (Å²) >= 11 is 0.720. The highest BCUT2D eigenvalue weighted by Gasteiger charge is 2.33. The second-order valence-electron chi connectivity index (χ2n) is 10.0. The number of nitrogens with zero attached hydrogens (tertiary/aromatic N) is 3. The van der Waals surface area contributed by atoms with E-state index in [1.807, 2.05) is 16.7 Å². The number of alkyl halides is 3. The molecule has 4 aromatic rings. The fraction of sp³-hybridized carbons (Fsp3) is 0.321.